The third-order valence-corrected chi connectivity index (χ3v) is 8.91. The number of amides is 1. The minimum atomic E-state index is -1.08. The van der Waals surface area contributed by atoms with Crippen LogP contribution in [-0.2, 0) is 0 Å². The third kappa shape index (κ3) is 8.80. The van der Waals surface area contributed by atoms with Crippen molar-refractivity contribution in [2.75, 3.05) is 13.1 Å². The van der Waals surface area contributed by atoms with Gasteiger partial charge in [-0.3, -0.25) is 20.2 Å². The maximum atomic E-state index is 12.8. The van der Waals surface area contributed by atoms with Crippen molar-refractivity contribution in [3.63, 3.8) is 0 Å². The molecule has 1 saturated heterocycles. The number of nitrogens with zero attached hydrogens (tertiary/aromatic N) is 5. The molecule has 6 aromatic rings. The van der Waals surface area contributed by atoms with E-state index in [4.69, 9.17) is 4.98 Å². The second-order valence-corrected chi connectivity index (χ2v) is 13.2. The highest BCUT2D eigenvalue weighted by atomic mass is 16.4. The Bertz CT molecular complexity index is 2160. The lowest BCUT2D eigenvalue weighted by molar-refractivity contribution is 0.0688. The van der Waals surface area contributed by atoms with Crippen LogP contribution in [0.3, 0.4) is 0 Å². The van der Waals surface area contributed by atoms with E-state index in [1.807, 2.05) is 91.7 Å². The Morgan fingerprint density at radius 2 is 0.865 bits per heavy atom. The summed E-state index contributed by atoms with van der Waals surface area (Å²) >= 11 is 0. The molecule has 0 atom stereocenters. The predicted molar refractivity (Wildman–Crippen MR) is 205 cm³/mol. The lowest BCUT2D eigenvalue weighted by Crippen LogP contribution is -2.45. The van der Waals surface area contributed by atoms with Crippen LogP contribution in [0.2, 0.25) is 0 Å². The summed E-state index contributed by atoms with van der Waals surface area (Å²) in [6.07, 6.45) is 6.30. The highest BCUT2D eigenvalue weighted by Crippen LogP contribution is 2.31. The number of nitrogens with one attached hydrogen (secondary N) is 1. The van der Waals surface area contributed by atoms with E-state index in [1.54, 1.807) is 6.20 Å². The number of carbonyl (C=O) groups is 2. The van der Waals surface area contributed by atoms with Crippen LogP contribution in [0.25, 0.3) is 45.0 Å². The molecule has 1 aliphatic heterocycles. The molecule has 7 rings (SSSR count). The molecule has 9 heteroatoms. The van der Waals surface area contributed by atoms with Crippen LogP contribution in [0.15, 0.2) is 109 Å². The number of rotatable bonds is 7. The molecular formula is C43H42N6O3. The zero-order chi connectivity index (χ0) is 36.6. The van der Waals surface area contributed by atoms with E-state index in [9.17, 15) is 14.7 Å². The standard InChI is InChI=1S/C24H26N4O.C19H16N2O2/c1-17-6-10-19(11-7-17)22-23(20-12-8-18(2)9-13-20)26-21(16-25-22)24(29)27-28-14-4-3-5-15-28;1-12-3-7-14(8-4-12)17-18(15-9-5-13(2)6-10-15)21-16(11-20-17)19(22)23/h6-13,16H,3-5,14-15H2,1-2H3,(H,27,29);3-11H,1-2H3,(H,22,23). The van der Waals surface area contributed by atoms with Gasteiger partial charge in [-0.05, 0) is 40.5 Å². The van der Waals surface area contributed by atoms with Gasteiger partial charge in [-0.25, -0.2) is 19.8 Å². The first-order chi connectivity index (χ1) is 25.1. The van der Waals surface area contributed by atoms with Crippen LogP contribution < -0.4 is 5.43 Å². The summed E-state index contributed by atoms with van der Waals surface area (Å²) in [5.74, 6) is -1.29. The van der Waals surface area contributed by atoms with E-state index in [1.165, 1.54) is 23.7 Å². The fourth-order valence-electron chi connectivity index (χ4n) is 5.87. The SMILES string of the molecule is Cc1ccc(-c2ncc(C(=O)NN3CCCCC3)nc2-c2ccc(C)cc2)cc1.Cc1ccc(-c2ncc(C(=O)O)nc2-c2ccc(C)cc2)cc1. The molecule has 0 radical (unpaired) electrons. The van der Waals surface area contributed by atoms with Crippen molar-refractivity contribution in [2.24, 2.45) is 0 Å². The molecule has 1 aliphatic rings. The molecule has 1 fully saturated rings. The fraction of sp³-hybridized carbons (Fsp3) is 0.209. The van der Waals surface area contributed by atoms with E-state index >= 15 is 0 Å². The number of carboxylic acids is 1. The summed E-state index contributed by atoms with van der Waals surface area (Å²) in [4.78, 5) is 42.1. The molecule has 1 amide bonds. The van der Waals surface area contributed by atoms with Crippen molar-refractivity contribution in [1.82, 2.24) is 30.4 Å². The zero-order valence-electron chi connectivity index (χ0n) is 29.9. The Labute approximate surface area is 304 Å². The van der Waals surface area contributed by atoms with Gasteiger partial charge in [0.25, 0.3) is 5.91 Å². The smallest absolute Gasteiger partial charge is 0.356 e. The van der Waals surface area contributed by atoms with Crippen molar-refractivity contribution >= 4 is 11.9 Å². The molecule has 3 heterocycles. The molecule has 9 nitrogen and oxygen atoms in total. The van der Waals surface area contributed by atoms with Crippen molar-refractivity contribution in [2.45, 2.75) is 47.0 Å². The number of aromatic nitrogens is 4. The highest BCUT2D eigenvalue weighted by molar-refractivity contribution is 5.93. The van der Waals surface area contributed by atoms with Crippen molar-refractivity contribution in [3.8, 4) is 45.0 Å². The Kier molecular flexibility index (Phi) is 11.2. The first kappa shape index (κ1) is 35.8. The maximum Gasteiger partial charge on any atom is 0.356 e. The van der Waals surface area contributed by atoms with Crippen LogP contribution >= 0.6 is 0 Å². The van der Waals surface area contributed by atoms with Gasteiger partial charge in [-0.1, -0.05) is 126 Å². The number of hydrogen-bond acceptors (Lipinski definition) is 7. The molecule has 2 N–H and O–H groups in total. The Morgan fingerprint density at radius 1 is 0.519 bits per heavy atom. The number of carbonyl (C=O) groups excluding carboxylic acids is 1. The molecule has 262 valence electrons. The number of carboxylic acid groups (broad SMARTS) is 1. The van der Waals surface area contributed by atoms with E-state index in [-0.39, 0.29) is 11.6 Å². The molecular weight excluding hydrogens is 649 g/mol. The molecule has 0 aliphatic carbocycles. The van der Waals surface area contributed by atoms with Gasteiger partial charge in [-0.2, -0.15) is 0 Å². The summed E-state index contributed by atoms with van der Waals surface area (Å²) in [6, 6.07) is 32.1. The van der Waals surface area contributed by atoms with Gasteiger partial charge in [0.2, 0.25) is 0 Å². The average molecular weight is 691 g/mol. The summed E-state index contributed by atoms with van der Waals surface area (Å²) in [7, 11) is 0. The van der Waals surface area contributed by atoms with Gasteiger partial charge < -0.3 is 5.11 Å². The molecule has 0 saturated carbocycles. The van der Waals surface area contributed by atoms with Gasteiger partial charge in [0, 0.05) is 35.3 Å². The summed E-state index contributed by atoms with van der Waals surface area (Å²) < 4.78 is 0. The molecule has 52 heavy (non-hydrogen) atoms. The summed E-state index contributed by atoms with van der Waals surface area (Å²) in [5, 5.41) is 11.2. The number of benzene rings is 4. The summed E-state index contributed by atoms with van der Waals surface area (Å²) in [5.41, 5.74) is 14.4. The Balaban J connectivity index is 0.000000183. The molecule has 0 spiro atoms. The van der Waals surface area contributed by atoms with E-state index < -0.39 is 5.97 Å². The van der Waals surface area contributed by atoms with Crippen LogP contribution in [0, 0.1) is 27.7 Å². The lowest BCUT2D eigenvalue weighted by Gasteiger charge is -2.26. The second kappa shape index (κ2) is 16.3. The number of hydrogen-bond donors (Lipinski definition) is 2. The maximum absolute atomic E-state index is 12.8. The van der Waals surface area contributed by atoms with Crippen LogP contribution in [0.5, 0.6) is 0 Å². The van der Waals surface area contributed by atoms with Crippen molar-refractivity contribution in [3.05, 3.63) is 143 Å². The Morgan fingerprint density at radius 3 is 1.25 bits per heavy atom. The third-order valence-electron chi connectivity index (χ3n) is 8.91. The second-order valence-electron chi connectivity index (χ2n) is 13.2. The van der Waals surface area contributed by atoms with Crippen LogP contribution in [0.1, 0.15) is 62.5 Å². The number of aromatic carboxylic acids is 1. The fourth-order valence-corrected chi connectivity index (χ4v) is 5.87. The van der Waals surface area contributed by atoms with Gasteiger partial charge in [0.05, 0.1) is 35.2 Å². The predicted octanol–water partition coefficient (Wildman–Crippen LogP) is 8.68. The number of hydrazine groups is 1. The first-order valence-corrected chi connectivity index (χ1v) is 17.5. The molecule has 0 unspecified atom stereocenters. The molecule has 0 bridgehead atoms. The highest BCUT2D eigenvalue weighted by Gasteiger charge is 2.19. The van der Waals surface area contributed by atoms with Crippen molar-refractivity contribution in [1.29, 1.82) is 0 Å². The minimum Gasteiger partial charge on any atom is -0.476 e. The van der Waals surface area contributed by atoms with Crippen LogP contribution in [-0.4, -0.2) is 55.0 Å². The van der Waals surface area contributed by atoms with E-state index in [2.05, 4.69) is 58.5 Å². The lowest BCUT2D eigenvalue weighted by atomic mass is 10.0. The topological polar surface area (TPSA) is 121 Å². The van der Waals surface area contributed by atoms with Crippen LogP contribution in [0.4, 0.5) is 0 Å². The van der Waals surface area contributed by atoms with Gasteiger partial charge in [-0.15, -0.1) is 0 Å². The minimum absolute atomic E-state index is 0.0589. The quantitative estimate of drug-likeness (QED) is 0.171. The van der Waals surface area contributed by atoms with Gasteiger partial charge in [0.15, 0.2) is 5.69 Å². The number of aryl methyl sites for hydroxylation is 4. The monoisotopic (exact) mass is 690 g/mol. The largest absolute Gasteiger partial charge is 0.476 e. The van der Waals surface area contributed by atoms with E-state index in [0.717, 1.165) is 70.7 Å². The van der Waals surface area contributed by atoms with Gasteiger partial charge >= 0.3 is 5.97 Å². The average Bonchev–Trinajstić information content (AvgIpc) is 3.16. The normalized spacial score (nSPS) is 12.8. The van der Waals surface area contributed by atoms with Gasteiger partial charge in [0.1, 0.15) is 5.69 Å². The number of piperidine rings is 1. The first-order valence-electron chi connectivity index (χ1n) is 17.5. The van der Waals surface area contributed by atoms with Crippen molar-refractivity contribution < 1.29 is 14.7 Å². The Hall–Kier alpha value is -6.06. The molecule has 2 aromatic heterocycles. The van der Waals surface area contributed by atoms with E-state index in [0.29, 0.717) is 17.1 Å². The zero-order valence-corrected chi connectivity index (χ0v) is 29.9. The molecule has 4 aromatic carbocycles. The summed E-state index contributed by atoms with van der Waals surface area (Å²) in [6.45, 7) is 9.90.